The van der Waals surface area contributed by atoms with E-state index in [1.54, 1.807) is 4.57 Å². The number of H-pyrrole nitrogens is 1. The van der Waals surface area contributed by atoms with E-state index >= 15 is 0 Å². The number of aromatic amines is 1. The summed E-state index contributed by atoms with van der Waals surface area (Å²) in [5.41, 5.74) is 4.36. The SMILES string of the molecule is CCCCc1c(C(=O)O)n(CCC2CCCCC2)c(=O)n1Cc1ccc(-c2ccccc2-c2nn[nH]n2)cc1. The summed E-state index contributed by atoms with van der Waals surface area (Å²) in [5.74, 6) is 0.0733. The molecular formula is C30H36N6O3. The number of unbranched alkanes of at least 4 members (excludes halogenated alkanes) is 1. The second-order valence-corrected chi connectivity index (χ2v) is 10.5. The van der Waals surface area contributed by atoms with Gasteiger partial charge in [-0.25, -0.2) is 9.59 Å². The van der Waals surface area contributed by atoms with Crippen molar-refractivity contribution in [3.8, 4) is 22.5 Å². The van der Waals surface area contributed by atoms with Gasteiger partial charge in [-0.05, 0) is 47.1 Å². The van der Waals surface area contributed by atoms with Crippen LogP contribution in [0.5, 0.6) is 0 Å². The van der Waals surface area contributed by atoms with Crippen molar-refractivity contribution < 1.29 is 9.90 Å². The Balaban J connectivity index is 1.44. The van der Waals surface area contributed by atoms with Gasteiger partial charge in [0.2, 0.25) is 5.82 Å². The van der Waals surface area contributed by atoms with Crippen molar-refractivity contribution in [2.24, 2.45) is 5.92 Å². The van der Waals surface area contributed by atoms with E-state index in [0.717, 1.165) is 41.5 Å². The number of hydrogen-bond donors (Lipinski definition) is 2. The zero-order valence-corrected chi connectivity index (χ0v) is 22.5. The molecule has 1 saturated carbocycles. The molecule has 0 amide bonds. The minimum absolute atomic E-state index is 0.162. The smallest absolute Gasteiger partial charge is 0.354 e. The minimum atomic E-state index is -1.02. The van der Waals surface area contributed by atoms with Crippen LogP contribution in [0.4, 0.5) is 0 Å². The first-order valence-corrected chi connectivity index (χ1v) is 14.0. The lowest BCUT2D eigenvalue weighted by molar-refractivity contribution is 0.0682. The number of carboxylic acids is 1. The molecule has 9 nitrogen and oxygen atoms in total. The monoisotopic (exact) mass is 528 g/mol. The highest BCUT2D eigenvalue weighted by Crippen LogP contribution is 2.30. The van der Waals surface area contributed by atoms with Crippen LogP contribution in [0, 0.1) is 5.92 Å². The van der Waals surface area contributed by atoms with Crippen molar-refractivity contribution in [1.29, 1.82) is 0 Å². The molecule has 204 valence electrons. The maximum atomic E-state index is 13.7. The molecule has 1 aliphatic carbocycles. The molecule has 0 atom stereocenters. The molecule has 0 bridgehead atoms. The second-order valence-electron chi connectivity index (χ2n) is 10.5. The van der Waals surface area contributed by atoms with Gasteiger partial charge >= 0.3 is 11.7 Å². The Morgan fingerprint density at radius 1 is 1.03 bits per heavy atom. The molecule has 0 spiro atoms. The molecule has 1 fully saturated rings. The van der Waals surface area contributed by atoms with Crippen LogP contribution >= 0.6 is 0 Å². The lowest BCUT2D eigenvalue weighted by atomic mass is 9.87. The summed E-state index contributed by atoms with van der Waals surface area (Å²) < 4.78 is 3.21. The van der Waals surface area contributed by atoms with Crippen LogP contribution in [0.1, 0.15) is 80.0 Å². The summed E-state index contributed by atoms with van der Waals surface area (Å²) in [7, 11) is 0. The fourth-order valence-electron chi connectivity index (χ4n) is 5.81. The number of tetrazole rings is 1. The standard InChI is InChI=1S/C30H36N6O3/c1-2-3-13-26-27(29(37)38)35(19-18-21-9-5-4-6-10-21)30(39)36(26)20-22-14-16-23(17-15-22)24-11-7-8-12-25(24)28-31-33-34-32-28/h7-8,11-12,14-17,21H,2-6,9-10,13,18-20H2,1H3,(H,37,38)(H,31,32,33,34). The number of benzene rings is 2. The zero-order valence-electron chi connectivity index (χ0n) is 22.5. The van der Waals surface area contributed by atoms with Gasteiger partial charge in [0.05, 0.1) is 12.2 Å². The number of aromatic nitrogens is 6. The number of carboxylic acid groups (broad SMARTS) is 1. The summed E-state index contributed by atoms with van der Waals surface area (Å²) in [6.07, 6.45) is 9.24. The van der Waals surface area contributed by atoms with Crippen molar-refractivity contribution in [3.05, 3.63) is 76.0 Å². The van der Waals surface area contributed by atoms with Gasteiger partial charge in [0, 0.05) is 12.1 Å². The first-order valence-electron chi connectivity index (χ1n) is 14.0. The van der Waals surface area contributed by atoms with E-state index in [9.17, 15) is 14.7 Å². The molecule has 0 saturated heterocycles. The Morgan fingerprint density at radius 3 is 2.44 bits per heavy atom. The third-order valence-corrected chi connectivity index (χ3v) is 7.91. The fraction of sp³-hybridized carbons (Fsp3) is 0.433. The molecule has 2 N–H and O–H groups in total. The molecule has 0 aliphatic heterocycles. The maximum absolute atomic E-state index is 13.7. The molecule has 9 heteroatoms. The number of hydrogen-bond acceptors (Lipinski definition) is 5. The van der Waals surface area contributed by atoms with E-state index in [1.807, 2.05) is 48.5 Å². The molecule has 0 unspecified atom stereocenters. The van der Waals surface area contributed by atoms with Crippen molar-refractivity contribution in [2.75, 3.05) is 0 Å². The fourth-order valence-corrected chi connectivity index (χ4v) is 5.81. The van der Waals surface area contributed by atoms with Gasteiger partial charge in [-0.15, -0.1) is 10.2 Å². The number of nitrogens with zero attached hydrogens (tertiary/aromatic N) is 5. The molecule has 4 aromatic rings. The van der Waals surface area contributed by atoms with Crippen molar-refractivity contribution in [3.63, 3.8) is 0 Å². The van der Waals surface area contributed by atoms with Gasteiger partial charge in [0.15, 0.2) is 5.69 Å². The topological polar surface area (TPSA) is 119 Å². The Kier molecular flexibility index (Phi) is 8.34. The average molecular weight is 529 g/mol. The van der Waals surface area contributed by atoms with Crippen LogP contribution in [0.2, 0.25) is 0 Å². The van der Waals surface area contributed by atoms with E-state index in [2.05, 4.69) is 27.5 Å². The summed E-state index contributed by atoms with van der Waals surface area (Å²) in [6, 6.07) is 15.9. The van der Waals surface area contributed by atoms with Crippen LogP contribution in [0.25, 0.3) is 22.5 Å². The highest BCUT2D eigenvalue weighted by atomic mass is 16.4. The number of carbonyl (C=O) groups is 1. The second kappa shape index (κ2) is 12.2. The van der Waals surface area contributed by atoms with Crippen LogP contribution in [0.3, 0.4) is 0 Å². The van der Waals surface area contributed by atoms with Crippen LogP contribution in [0.15, 0.2) is 53.3 Å². The normalized spacial score (nSPS) is 14.1. The van der Waals surface area contributed by atoms with Crippen LogP contribution < -0.4 is 5.69 Å². The Labute approximate surface area is 227 Å². The lowest BCUT2D eigenvalue weighted by Crippen LogP contribution is -2.27. The minimum Gasteiger partial charge on any atom is -0.477 e. The van der Waals surface area contributed by atoms with Gasteiger partial charge in [0.1, 0.15) is 0 Å². The summed E-state index contributed by atoms with van der Waals surface area (Å²) in [4.78, 5) is 26.1. The van der Waals surface area contributed by atoms with Gasteiger partial charge in [-0.1, -0.05) is 94.0 Å². The largest absolute Gasteiger partial charge is 0.477 e. The van der Waals surface area contributed by atoms with E-state index in [0.29, 0.717) is 36.9 Å². The molecule has 1 aliphatic rings. The number of aromatic carboxylic acids is 1. The predicted molar refractivity (Wildman–Crippen MR) is 150 cm³/mol. The molecular weight excluding hydrogens is 492 g/mol. The first kappa shape index (κ1) is 26.6. The van der Waals surface area contributed by atoms with E-state index in [-0.39, 0.29) is 11.4 Å². The quantitative estimate of drug-likeness (QED) is 0.263. The third kappa shape index (κ3) is 5.87. The van der Waals surface area contributed by atoms with Gasteiger partial charge in [0.25, 0.3) is 0 Å². The molecule has 2 heterocycles. The summed E-state index contributed by atoms with van der Waals surface area (Å²) >= 11 is 0. The molecule has 0 radical (unpaired) electrons. The van der Waals surface area contributed by atoms with E-state index in [4.69, 9.17) is 0 Å². The van der Waals surface area contributed by atoms with Crippen LogP contribution in [-0.4, -0.2) is 40.8 Å². The molecule has 2 aromatic heterocycles. The summed E-state index contributed by atoms with van der Waals surface area (Å²) in [5, 5.41) is 24.6. The Hall–Kier alpha value is -4.01. The highest BCUT2D eigenvalue weighted by molar-refractivity contribution is 5.87. The Morgan fingerprint density at radius 2 is 1.77 bits per heavy atom. The highest BCUT2D eigenvalue weighted by Gasteiger charge is 2.25. The number of imidazole rings is 1. The van der Waals surface area contributed by atoms with Gasteiger partial charge in [-0.2, -0.15) is 5.21 Å². The molecule has 5 rings (SSSR count). The van der Waals surface area contributed by atoms with E-state index < -0.39 is 5.97 Å². The molecule has 39 heavy (non-hydrogen) atoms. The van der Waals surface area contributed by atoms with Crippen molar-refractivity contribution >= 4 is 5.97 Å². The van der Waals surface area contributed by atoms with Crippen molar-refractivity contribution in [1.82, 2.24) is 29.8 Å². The number of rotatable bonds is 11. The van der Waals surface area contributed by atoms with Crippen molar-refractivity contribution in [2.45, 2.75) is 77.8 Å². The van der Waals surface area contributed by atoms with Gasteiger partial charge < -0.3 is 5.11 Å². The lowest BCUT2D eigenvalue weighted by Gasteiger charge is -2.21. The molecule has 2 aromatic carbocycles. The third-order valence-electron chi connectivity index (χ3n) is 7.91. The van der Waals surface area contributed by atoms with Gasteiger partial charge in [-0.3, -0.25) is 9.13 Å². The Bertz CT molecular complexity index is 1450. The summed E-state index contributed by atoms with van der Waals surface area (Å²) in [6.45, 7) is 2.87. The first-order chi connectivity index (χ1) is 19.1. The van der Waals surface area contributed by atoms with Crippen LogP contribution in [-0.2, 0) is 19.5 Å². The predicted octanol–water partition coefficient (Wildman–Crippen LogP) is 5.56. The zero-order chi connectivity index (χ0) is 27.2. The average Bonchev–Trinajstić information content (AvgIpc) is 3.59. The van der Waals surface area contributed by atoms with E-state index in [1.165, 1.54) is 36.7 Å². The number of nitrogens with one attached hydrogen (secondary N) is 1. The maximum Gasteiger partial charge on any atom is 0.354 e.